The molecule has 7 aromatic heterocycles. The second kappa shape index (κ2) is 16.8. The lowest BCUT2D eigenvalue weighted by molar-refractivity contribution is 0.0565. The van der Waals surface area contributed by atoms with Gasteiger partial charge in [-0.15, -0.1) is 0 Å². The van der Waals surface area contributed by atoms with Crippen LogP contribution in [0.2, 0.25) is 0 Å². The maximum absolute atomic E-state index is 12.8. The fourth-order valence-electron chi connectivity index (χ4n) is 7.22. The topological polar surface area (TPSA) is 159 Å². The Balaban J connectivity index is 0.000000168. The quantitative estimate of drug-likeness (QED) is 0.151. The minimum Gasteiger partial charge on any atom is -0.381 e. The van der Waals surface area contributed by atoms with Gasteiger partial charge in [-0.1, -0.05) is 0 Å². The first-order valence-corrected chi connectivity index (χ1v) is 19.9. The minimum absolute atomic E-state index is 0.253. The van der Waals surface area contributed by atoms with Gasteiger partial charge in [0.2, 0.25) is 0 Å². The summed E-state index contributed by atoms with van der Waals surface area (Å²) in [6.07, 6.45) is 14.4. The van der Waals surface area contributed by atoms with Crippen LogP contribution in [0.25, 0.3) is 33.8 Å². The van der Waals surface area contributed by atoms with E-state index in [9.17, 15) is 8.78 Å². The summed E-state index contributed by atoms with van der Waals surface area (Å²) in [5.41, 5.74) is 8.87. The summed E-state index contributed by atoms with van der Waals surface area (Å²) in [7, 11) is 0. The monoisotopic (exact) mass is 894 g/mol. The van der Waals surface area contributed by atoms with Gasteiger partial charge in [0.1, 0.15) is 12.1 Å². The highest BCUT2D eigenvalue weighted by Gasteiger charge is 2.25. The first-order chi connectivity index (χ1) is 27.8. The van der Waals surface area contributed by atoms with Crippen LogP contribution in [-0.4, -0.2) is 64.3 Å². The predicted molar refractivity (Wildman–Crippen MR) is 217 cm³/mol. The molecule has 0 aromatic carbocycles. The zero-order chi connectivity index (χ0) is 39.5. The highest BCUT2D eigenvalue weighted by atomic mass is 79.9. The van der Waals surface area contributed by atoms with Gasteiger partial charge in [0.25, 0.3) is 0 Å². The molecule has 2 fully saturated rings. The number of nitrogens with one attached hydrogen (secondary N) is 2. The molecule has 288 valence electrons. The molecule has 13 nitrogen and oxygen atoms in total. The molecule has 0 bridgehead atoms. The highest BCUT2D eigenvalue weighted by molar-refractivity contribution is 9.11. The Morgan fingerprint density at radius 2 is 1.26 bits per heavy atom. The zero-order valence-corrected chi connectivity index (χ0v) is 33.4. The number of rotatable bonds is 8. The Bertz CT molecular complexity index is 2630. The molecular formula is C40H34Br2F2N12O. The molecule has 0 radical (unpaired) electrons. The Labute approximate surface area is 342 Å². The van der Waals surface area contributed by atoms with E-state index in [2.05, 4.69) is 79.9 Å². The molecule has 1 atom stereocenters. The maximum Gasteiger partial charge on any atom is 0.333 e. The zero-order valence-electron chi connectivity index (χ0n) is 30.2. The second-order valence-electron chi connectivity index (χ2n) is 13.9. The lowest BCUT2D eigenvalue weighted by atomic mass is 9.83. The van der Waals surface area contributed by atoms with Crippen LogP contribution in [0.5, 0.6) is 0 Å². The molecule has 0 unspecified atom stereocenters. The summed E-state index contributed by atoms with van der Waals surface area (Å²) in [6.45, 7) is -1.09. The number of alkyl halides is 2. The lowest BCUT2D eigenvalue weighted by Gasteiger charge is -2.29. The van der Waals surface area contributed by atoms with E-state index in [-0.39, 0.29) is 12.0 Å². The summed E-state index contributed by atoms with van der Waals surface area (Å²) in [6, 6.07) is 20.1. The van der Waals surface area contributed by atoms with Crippen molar-refractivity contribution in [1.29, 1.82) is 10.5 Å². The fourth-order valence-corrected chi connectivity index (χ4v) is 7.88. The van der Waals surface area contributed by atoms with E-state index in [1.807, 2.05) is 42.5 Å². The molecule has 7 aromatic rings. The van der Waals surface area contributed by atoms with Gasteiger partial charge in [-0.3, -0.25) is 9.97 Å². The molecule has 0 spiro atoms. The summed E-state index contributed by atoms with van der Waals surface area (Å²) < 4.78 is 37.1. The van der Waals surface area contributed by atoms with Crippen LogP contribution < -0.4 is 10.6 Å². The van der Waals surface area contributed by atoms with Crippen LogP contribution in [0, 0.1) is 22.7 Å². The van der Waals surface area contributed by atoms with E-state index in [4.69, 9.17) is 15.3 Å². The SMILES string of the molecule is N#Cc1cnn2c(-c3cc(NC4CCC(c5cnn(C(F)F)c5)CC4)c(Br)cn3)ccc2c1.N#Cc1cnn2c(-c3cc(N[C@H]4CCOC4)c(Br)cn3)ccc2c1. The van der Waals surface area contributed by atoms with Gasteiger partial charge in [-0.2, -0.15) is 34.6 Å². The molecule has 57 heavy (non-hydrogen) atoms. The Morgan fingerprint density at radius 3 is 1.75 bits per heavy atom. The molecule has 17 heteroatoms. The van der Waals surface area contributed by atoms with Crippen LogP contribution in [0.3, 0.4) is 0 Å². The molecule has 2 N–H and O–H groups in total. The summed E-state index contributed by atoms with van der Waals surface area (Å²) in [4.78, 5) is 9.06. The number of halogens is 4. The van der Waals surface area contributed by atoms with Crippen molar-refractivity contribution in [2.75, 3.05) is 23.8 Å². The number of fused-ring (bicyclic) bond motifs is 2. The molecular weight excluding hydrogens is 862 g/mol. The van der Waals surface area contributed by atoms with Crippen molar-refractivity contribution in [3.63, 3.8) is 0 Å². The van der Waals surface area contributed by atoms with Gasteiger partial charge in [0, 0.05) is 31.2 Å². The van der Waals surface area contributed by atoms with Crippen molar-refractivity contribution in [2.45, 2.75) is 56.7 Å². The van der Waals surface area contributed by atoms with Gasteiger partial charge < -0.3 is 15.4 Å². The Kier molecular flexibility index (Phi) is 11.2. The number of hydrogen-bond acceptors (Lipinski definition) is 10. The summed E-state index contributed by atoms with van der Waals surface area (Å²) >= 11 is 7.13. The van der Waals surface area contributed by atoms with Gasteiger partial charge >= 0.3 is 6.55 Å². The van der Waals surface area contributed by atoms with E-state index in [0.717, 1.165) is 110 Å². The average molecular weight is 897 g/mol. The largest absolute Gasteiger partial charge is 0.381 e. The number of nitriles is 2. The van der Waals surface area contributed by atoms with Gasteiger partial charge in [-0.25, -0.2) is 13.7 Å². The van der Waals surface area contributed by atoms with E-state index >= 15 is 0 Å². The highest BCUT2D eigenvalue weighted by Crippen LogP contribution is 2.36. The number of pyridine rings is 2. The number of aromatic nitrogens is 8. The Morgan fingerprint density at radius 1 is 0.702 bits per heavy atom. The van der Waals surface area contributed by atoms with Gasteiger partial charge in [0.15, 0.2) is 0 Å². The normalized spacial score (nSPS) is 17.9. The first-order valence-electron chi connectivity index (χ1n) is 18.3. The van der Waals surface area contributed by atoms with Crippen molar-refractivity contribution in [3.05, 3.63) is 111 Å². The second-order valence-corrected chi connectivity index (χ2v) is 15.6. The molecule has 1 saturated heterocycles. The minimum atomic E-state index is -2.60. The van der Waals surface area contributed by atoms with Crippen molar-refractivity contribution < 1.29 is 13.5 Å². The van der Waals surface area contributed by atoms with E-state index in [1.54, 1.807) is 39.9 Å². The van der Waals surface area contributed by atoms with Gasteiger partial charge in [0.05, 0.1) is 96.5 Å². The predicted octanol–water partition coefficient (Wildman–Crippen LogP) is 8.99. The average Bonchev–Trinajstić information content (AvgIpc) is 4.07. The summed E-state index contributed by atoms with van der Waals surface area (Å²) in [5.74, 6) is 0.253. The van der Waals surface area contributed by atoms with Crippen LogP contribution in [0.1, 0.15) is 61.3 Å². The smallest absolute Gasteiger partial charge is 0.333 e. The molecule has 8 heterocycles. The molecule has 1 aliphatic carbocycles. The van der Waals surface area contributed by atoms with Crippen molar-refractivity contribution in [3.8, 4) is 34.9 Å². The van der Waals surface area contributed by atoms with E-state index in [0.29, 0.717) is 17.2 Å². The van der Waals surface area contributed by atoms with E-state index in [1.165, 1.54) is 12.4 Å². The number of nitrogens with zero attached hydrogens (tertiary/aromatic N) is 10. The van der Waals surface area contributed by atoms with E-state index < -0.39 is 6.55 Å². The number of ether oxygens (including phenoxy) is 1. The maximum atomic E-state index is 12.8. The van der Waals surface area contributed by atoms with Crippen LogP contribution in [-0.2, 0) is 4.74 Å². The third-order valence-electron chi connectivity index (χ3n) is 10.2. The fraction of sp³-hybridized carbons (Fsp3) is 0.275. The first kappa shape index (κ1) is 38.1. The van der Waals surface area contributed by atoms with Crippen LogP contribution in [0.4, 0.5) is 20.2 Å². The molecule has 2 aliphatic rings. The standard InChI is InChI=1S/C23H20BrF2N7.C17H14BrN5O/c24-19-12-28-21(22-6-5-18-7-14(9-27)10-30-33(18)22)8-20(19)31-17-3-1-15(2-4-17)16-11-29-32(13-16)23(25)26;18-14-9-20-16(6-15(14)22-12-3-4-24-10-12)17-2-1-13-5-11(7-19)8-21-23(13)17/h5-8,10-13,15,17,23H,1-4H2,(H,28,31);1-2,5-6,8-9,12H,3-4,10H2,(H,20,22)/t;12-/m.0/s1. The van der Waals surface area contributed by atoms with Crippen molar-refractivity contribution in [2.24, 2.45) is 0 Å². The third-order valence-corrected chi connectivity index (χ3v) is 11.4. The molecule has 1 aliphatic heterocycles. The van der Waals surface area contributed by atoms with Crippen LogP contribution in [0.15, 0.2) is 94.7 Å². The molecule has 1 saturated carbocycles. The van der Waals surface area contributed by atoms with Gasteiger partial charge in [-0.05, 0) is 124 Å². The van der Waals surface area contributed by atoms with Crippen LogP contribution >= 0.6 is 31.9 Å². The van der Waals surface area contributed by atoms with Crippen molar-refractivity contribution >= 4 is 54.3 Å². The number of hydrogen-bond donors (Lipinski definition) is 2. The Hall–Kier alpha value is -5.75. The molecule has 9 rings (SSSR count). The summed E-state index contributed by atoms with van der Waals surface area (Å²) in [5, 5.41) is 37.7. The third kappa shape index (κ3) is 8.37. The number of anilines is 2. The lowest BCUT2D eigenvalue weighted by Crippen LogP contribution is -2.25. The van der Waals surface area contributed by atoms with Crippen molar-refractivity contribution in [1.82, 2.24) is 39.0 Å². The molecule has 0 amide bonds.